The van der Waals surface area contributed by atoms with Crippen molar-refractivity contribution in [2.24, 2.45) is 11.3 Å². The Morgan fingerprint density at radius 1 is 1.39 bits per heavy atom. The molecule has 0 aromatic carbocycles. The van der Waals surface area contributed by atoms with E-state index in [4.69, 9.17) is 0 Å². The quantitative estimate of drug-likeness (QED) is 0.603. The molecule has 0 aliphatic carbocycles. The number of allylic oxidation sites excluding steroid dienone is 3. The molecule has 0 unspecified atom stereocenters. The van der Waals surface area contributed by atoms with Gasteiger partial charge in [-0.1, -0.05) is 41.2 Å². The maximum Gasteiger partial charge on any atom is 0.358 e. The summed E-state index contributed by atoms with van der Waals surface area (Å²) in [6, 6.07) is 0. The lowest BCUT2D eigenvalue weighted by Gasteiger charge is -2.25. The number of hydrogen-bond donors (Lipinski definition) is 1. The van der Waals surface area contributed by atoms with Crippen LogP contribution in [0.25, 0.3) is 0 Å². The summed E-state index contributed by atoms with van der Waals surface area (Å²) in [7, 11) is 1.32. The summed E-state index contributed by atoms with van der Waals surface area (Å²) in [5.74, 6) is 0.364. The smallest absolute Gasteiger partial charge is 0.358 e. The molecule has 0 saturated carbocycles. The Hall–Kier alpha value is -2.17. The van der Waals surface area contributed by atoms with Crippen molar-refractivity contribution in [3.05, 3.63) is 42.0 Å². The first-order valence-electron chi connectivity index (χ1n) is 7.79. The fraction of sp³-hybridized carbons (Fsp3) is 0.500. The van der Waals surface area contributed by atoms with Gasteiger partial charge in [0.1, 0.15) is 5.82 Å². The van der Waals surface area contributed by atoms with Crippen LogP contribution in [0.5, 0.6) is 0 Å². The lowest BCUT2D eigenvalue weighted by Crippen LogP contribution is -2.15. The number of esters is 1. The Morgan fingerprint density at radius 2 is 2.04 bits per heavy atom. The monoisotopic (exact) mass is 317 g/mol. The van der Waals surface area contributed by atoms with Gasteiger partial charge in [-0.3, -0.25) is 0 Å². The summed E-state index contributed by atoms with van der Waals surface area (Å²) >= 11 is 0. The second-order valence-electron chi connectivity index (χ2n) is 6.42. The fourth-order valence-corrected chi connectivity index (χ4v) is 1.71. The van der Waals surface area contributed by atoms with Gasteiger partial charge in [0.15, 0.2) is 5.69 Å². The number of rotatable bonds is 7. The van der Waals surface area contributed by atoms with Crippen LogP contribution in [0.4, 0.5) is 5.82 Å². The van der Waals surface area contributed by atoms with Crippen LogP contribution in [0.1, 0.15) is 51.5 Å². The van der Waals surface area contributed by atoms with Gasteiger partial charge in [-0.05, 0) is 29.4 Å². The molecule has 0 spiro atoms. The van der Waals surface area contributed by atoms with E-state index in [9.17, 15) is 4.79 Å². The number of hydrogen-bond acceptors (Lipinski definition) is 5. The molecule has 0 fully saturated rings. The minimum atomic E-state index is -0.498. The first kappa shape index (κ1) is 18.9. The van der Waals surface area contributed by atoms with Gasteiger partial charge in [-0.15, -0.1) is 0 Å². The van der Waals surface area contributed by atoms with Gasteiger partial charge in [-0.25, -0.2) is 14.8 Å². The Kier molecular flexibility index (Phi) is 6.49. The van der Waals surface area contributed by atoms with Gasteiger partial charge in [0.05, 0.1) is 19.5 Å². The van der Waals surface area contributed by atoms with E-state index in [1.807, 2.05) is 0 Å². The van der Waals surface area contributed by atoms with E-state index in [2.05, 4.69) is 67.3 Å². The first-order chi connectivity index (χ1) is 10.7. The van der Waals surface area contributed by atoms with Crippen molar-refractivity contribution in [1.29, 1.82) is 0 Å². The van der Waals surface area contributed by atoms with Crippen LogP contribution in [-0.2, 0) is 4.74 Å². The summed E-state index contributed by atoms with van der Waals surface area (Å²) in [4.78, 5) is 19.6. The number of nitrogens with one attached hydrogen (secondary N) is 1. The molecule has 126 valence electrons. The minimum Gasteiger partial charge on any atom is -0.464 e. The standard InChI is InChI=1S/C18H27N3O2/c1-8-18(5,6)13(4)9-14(12(2)3)21-16-11-19-15(10-20-16)17(22)23-7/h9-12H,4,8H2,1-3,5-7H3,(H,20,21)/b14-9+. The van der Waals surface area contributed by atoms with Crippen LogP contribution in [0.2, 0.25) is 0 Å². The molecule has 5 nitrogen and oxygen atoms in total. The zero-order valence-electron chi connectivity index (χ0n) is 14.9. The minimum absolute atomic E-state index is 0.0439. The molecule has 23 heavy (non-hydrogen) atoms. The molecule has 1 aromatic rings. The topological polar surface area (TPSA) is 64.1 Å². The van der Waals surface area contributed by atoms with Gasteiger partial charge < -0.3 is 10.1 Å². The van der Waals surface area contributed by atoms with Crippen LogP contribution in [0.3, 0.4) is 0 Å². The molecule has 0 aliphatic heterocycles. The lowest BCUT2D eigenvalue weighted by molar-refractivity contribution is 0.0593. The normalized spacial score (nSPS) is 12.2. The van der Waals surface area contributed by atoms with Crippen molar-refractivity contribution in [2.75, 3.05) is 12.4 Å². The third kappa shape index (κ3) is 5.20. The van der Waals surface area contributed by atoms with Crippen molar-refractivity contribution in [1.82, 2.24) is 9.97 Å². The van der Waals surface area contributed by atoms with Crippen LogP contribution >= 0.6 is 0 Å². The third-order valence-corrected chi connectivity index (χ3v) is 4.02. The number of carbonyl (C=O) groups is 1. The molecular formula is C18H27N3O2. The van der Waals surface area contributed by atoms with E-state index in [1.165, 1.54) is 19.5 Å². The second-order valence-corrected chi connectivity index (χ2v) is 6.42. The highest BCUT2D eigenvalue weighted by Gasteiger charge is 2.19. The number of aromatic nitrogens is 2. The van der Waals surface area contributed by atoms with Crippen LogP contribution in [0, 0.1) is 11.3 Å². The second kappa shape index (κ2) is 7.90. The number of methoxy groups -OCH3 is 1. The number of carbonyl (C=O) groups excluding carboxylic acids is 1. The highest BCUT2D eigenvalue weighted by atomic mass is 16.5. The van der Waals surface area contributed by atoms with Crippen molar-refractivity contribution in [3.8, 4) is 0 Å². The van der Waals surface area contributed by atoms with Gasteiger partial charge in [0, 0.05) is 5.70 Å². The van der Waals surface area contributed by atoms with E-state index in [1.54, 1.807) is 0 Å². The molecule has 0 atom stereocenters. The molecule has 0 amide bonds. The molecule has 1 heterocycles. The molecule has 1 aromatic heterocycles. The predicted molar refractivity (Wildman–Crippen MR) is 93.1 cm³/mol. The summed E-state index contributed by atoms with van der Waals surface area (Å²) in [6.07, 6.45) is 6.01. The van der Waals surface area contributed by atoms with E-state index < -0.39 is 5.97 Å². The summed E-state index contributed by atoms with van der Waals surface area (Å²) in [5, 5.41) is 3.26. The van der Waals surface area contributed by atoms with Gasteiger partial charge in [-0.2, -0.15) is 0 Å². The molecule has 0 aliphatic rings. The number of anilines is 1. The average molecular weight is 317 g/mol. The predicted octanol–water partition coefficient (Wildman–Crippen LogP) is 4.21. The average Bonchev–Trinajstić information content (AvgIpc) is 2.53. The molecule has 0 radical (unpaired) electrons. The van der Waals surface area contributed by atoms with E-state index in [0.29, 0.717) is 5.82 Å². The maximum atomic E-state index is 11.4. The molecule has 1 N–H and O–H groups in total. The largest absolute Gasteiger partial charge is 0.464 e. The summed E-state index contributed by atoms with van der Waals surface area (Å²) in [5.41, 5.74) is 2.30. The zero-order valence-corrected chi connectivity index (χ0v) is 14.9. The van der Waals surface area contributed by atoms with Gasteiger partial charge >= 0.3 is 5.97 Å². The molecule has 0 bridgehead atoms. The SMILES string of the molecule is C=C(/C=C(/Nc1cnc(C(=O)OC)cn1)C(C)C)C(C)(C)CC. The van der Waals surface area contributed by atoms with Crippen molar-refractivity contribution >= 4 is 11.8 Å². The van der Waals surface area contributed by atoms with Crippen molar-refractivity contribution in [2.45, 2.75) is 41.0 Å². The molecule has 1 rings (SSSR count). The fourth-order valence-electron chi connectivity index (χ4n) is 1.71. The first-order valence-corrected chi connectivity index (χ1v) is 7.79. The zero-order chi connectivity index (χ0) is 17.6. The number of nitrogens with zero attached hydrogens (tertiary/aromatic N) is 2. The summed E-state index contributed by atoms with van der Waals surface area (Å²) in [6.45, 7) is 14.9. The van der Waals surface area contributed by atoms with Crippen molar-refractivity contribution < 1.29 is 9.53 Å². The Labute approximate surface area is 138 Å². The van der Waals surface area contributed by atoms with E-state index in [0.717, 1.165) is 17.7 Å². The van der Waals surface area contributed by atoms with Crippen LogP contribution in [0.15, 0.2) is 36.3 Å². The number of ether oxygens (including phenoxy) is 1. The summed E-state index contributed by atoms with van der Waals surface area (Å²) < 4.78 is 4.61. The Balaban J connectivity index is 2.97. The molecule has 5 heteroatoms. The third-order valence-electron chi connectivity index (χ3n) is 4.02. The van der Waals surface area contributed by atoms with Crippen LogP contribution in [-0.4, -0.2) is 23.0 Å². The maximum absolute atomic E-state index is 11.4. The van der Waals surface area contributed by atoms with Crippen LogP contribution < -0.4 is 5.32 Å². The van der Waals surface area contributed by atoms with Gasteiger partial charge in [0.2, 0.25) is 0 Å². The Morgan fingerprint density at radius 3 is 2.48 bits per heavy atom. The lowest BCUT2D eigenvalue weighted by atomic mass is 9.81. The van der Waals surface area contributed by atoms with E-state index >= 15 is 0 Å². The Bertz CT molecular complexity index is 587. The van der Waals surface area contributed by atoms with Crippen molar-refractivity contribution in [3.63, 3.8) is 0 Å². The highest BCUT2D eigenvalue weighted by molar-refractivity contribution is 5.86. The van der Waals surface area contributed by atoms with Gasteiger partial charge in [0.25, 0.3) is 0 Å². The molecule has 0 saturated heterocycles. The molecular weight excluding hydrogens is 290 g/mol. The van der Waals surface area contributed by atoms with E-state index in [-0.39, 0.29) is 17.0 Å². The highest BCUT2D eigenvalue weighted by Crippen LogP contribution is 2.31.